The van der Waals surface area contributed by atoms with Gasteiger partial charge in [-0.15, -0.1) is 11.3 Å². The van der Waals surface area contributed by atoms with Crippen molar-refractivity contribution in [3.63, 3.8) is 0 Å². The number of carboxylic acid groups (broad SMARTS) is 1. The Balaban J connectivity index is 2.00. The third kappa shape index (κ3) is 3.51. The molecule has 0 bridgehead atoms. The maximum absolute atomic E-state index is 11.9. The molecule has 1 saturated carbocycles. The summed E-state index contributed by atoms with van der Waals surface area (Å²) >= 11 is 0.919. The SMILES string of the molecule is O=C(NC1CCCCCC1O)c1csc(C(=O)O)n1. The van der Waals surface area contributed by atoms with Crippen molar-refractivity contribution in [2.75, 3.05) is 0 Å². The summed E-state index contributed by atoms with van der Waals surface area (Å²) in [6.07, 6.45) is 3.88. The molecule has 6 nitrogen and oxygen atoms in total. The quantitative estimate of drug-likeness (QED) is 0.726. The molecule has 1 fully saturated rings. The number of carbonyl (C=O) groups excluding carboxylic acids is 1. The van der Waals surface area contributed by atoms with Crippen molar-refractivity contribution >= 4 is 23.2 Å². The molecular weight excluding hydrogens is 268 g/mol. The van der Waals surface area contributed by atoms with Gasteiger partial charge in [-0.3, -0.25) is 4.79 Å². The van der Waals surface area contributed by atoms with Crippen LogP contribution in [-0.2, 0) is 0 Å². The van der Waals surface area contributed by atoms with Crippen LogP contribution in [0.3, 0.4) is 0 Å². The summed E-state index contributed by atoms with van der Waals surface area (Å²) in [4.78, 5) is 26.4. The zero-order chi connectivity index (χ0) is 13.8. The Morgan fingerprint density at radius 2 is 2.05 bits per heavy atom. The third-order valence-electron chi connectivity index (χ3n) is 3.22. The second-order valence-electron chi connectivity index (χ2n) is 4.63. The molecule has 7 heteroatoms. The standard InChI is InChI=1S/C12H16N2O4S/c15-9-5-3-1-2-4-7(9)13-10(16)8-6-19-11(14-8)12(17)18/h6-7,9,15H,1-5H2,(H,13,16)(H,17,18). The number of aliphatic hydroxyl groups is 1. The number of carbonyl (C=O) groups is 2. The molecule has 0 spiro atoms. The van der Waals surface area contributed by atoms with Gasteiger partial charge in [0, 0.05) is 5.38 Å². The van der Waals surface area contributed by atoms with E-state index in [4.69, 9.17) is 5.11 Å². The molecule has 1 amide bonds. The number of thiazole rings is 1. The molecule has 104 valence electrons. The van der Waals surface area contributed by atoms with E-state index in [0.29, 0.717) is 6.42 Å². The van der Waals surface area contributed by atoms with Crippen LogP contribution in [0.5, 0.6) is 0 Å². The Morgan fingerprint density at radius 3 is 2.74 bits per heavy atom. The summed E-state index contributed by atoms with van der Waals surface area (Å²) in [6, 6.07) is -0.273. The van der Waals surface area contributed by atoms with E-state index in [0.717, 1.165) is 37.0 Å². The van der Waals surface area contributed by atoms with Gasteiger partial charge < -0.3 is 15.5 Å². The van der Waals surface area contributed by atoms with Gasteiger partial charge in [0.2, 0.25) is 5.01 Å². The molecule has 1 heterocycles. The zero-order valence-electron chi connectivity index (χ0n) is 10.3. The Morgan fingerprint density at radius 1 is 1.32 bits per heavy atom. The first-order valence-corrected chi connectivity index (χ1v) is 7.13. The van der Waals surface area contributed by atoms with Crippen LogP contribution in [-0.4, -0.2) is 39.2 Å². The highest BCUT2D eigenvalue weighted by molar-refractivity contribution is 7.11. The Kier molecular flexibility index (Phi) is 4.49. The lowest BCUT2D eigenvalue weighted by Gasteiger charge is -2.21. The number of carboxylic acids is 1. The first-order valence-electron chi connectivity index (χ1n) is 6.25. The minimum absolute atomic E-state index is 0.0962. The summed E-state index contributed by atoms with van der Waals surface area (Å²) in [5.41, 5.74) is 0.0962. The van der Waals surface area contributed by atoms with Gasteiger partial charge in [-0.25, -0.2) is 9.78 Å². The molecule has 1 aliphatic carbocycles. The smallest absolute Gasteiger partial charge is 0.365 e. The van der Waals surface area contributed by atoms with Crippen molar-refractivity contribution in [2.45, 2.75) is 44.2 Å². The predicted molar refractivity (Wildman–Crippen MR) is 69.4 cm³/mol. The van der Waals surface area contributed by atoms with Crippen molar-refractivity contribution in [2.24, 2.45) is 0 Å². The number of aliphatic hydroxyl groups excluding tert-OH is 1. The van der Waals surface area contributed by atoms with Crippen LogP contribution in [0.15, 0.2) is 5.38 Å². The number of nitrogens with zero attached hydrogens (tertiary/aromatic N) is 1. The minimum Gasteiger partial charge on any atom is -0.476 e. The maximum atomic E-state index is 11.9. The fraction of sp³-hybridized carbons (Fsp3) is 0.583. The summed E-state index contributed by atoms with van der Waals surface area (Å²) < 4.78 is 0. The van der Waals surface area contributed by atoms with Crippen molar-refractivity contribution in [3.05, 3.63) is 16.1 Å². The lowest BCUT2D eigenvalue weighted by molar-refractivity contribution is 0.0696. The maximum Gasteiger partial charge on any atom is 0.365 e. The number of rotatable bonds is 3. The Hall–Kier alpha value is -1.47. The normalized spacial score (nSPS) is 23.6. The number of amides is 1. The first-order chi connectivity index (χ1) is 9.08. The molecule has 0 aromatic carbocycles. The second kappa shape index (κ2) is 6.12. The first kappa shape index (κ1) is 14.0. The lowest BCUT2D eigenvalue weighted by atomic mass is 10.1. The number of hydrogen-bond acceptors (Lipinski definition) is 5. The van der Waals surface area contributed by atoms with Crippen LogP contribution in [0.25, 0.3) is 0 Å². The van der Waals surface area contributed by atoms with E-state index in [1.807, 2.05) is 0 Å². The van der Waals surface area contributed by atoms with Crippen LogP contribution in [0.4, 0.5) is 0 Å². The van der Waals surface area contributed by atoms with Gasteiger partial charge in [0.25, 0.3) is 5.91 Å². The average Bonchev–Trinajstić information content (AvgIpc) is 2.78. The summed E-state index contributed by atoms with van der Waals surface area (Å²) in [7, 11) is 0. The fourth-order valence-electron chi connectivity index (χ4n) is 2.18. The molecule has 0 aliphatic heterocycles. The fourth-order valence-corrected chi connectivity index (χ4v) is 2.81. The van der Waals surface area contributed by atoms with Crippen molar-refractivity contribution < 1.29 is 19.8 Å². The molecule has 19 heavy (non-hydrogen) atoms. The number of aromatic nitrogens is 1. The van der Waals surface area contributed by atoms with Gasteiger partial charge in [0.1, 0.15) is 5.69 Å². The van der Waals surface area contributed by atoms with Crippen molar-refractivity contribution in [1.29, 1.82) is 0 Å². The van der Waals surface area contributed by atoms with Crippen LogP contribution >= 0.6 is 11.3 Å². The van der Waals surface area contributed by atoms with E-state index in [9.17, 15) is 14.7 Å². The Bertz CT molecular complexity index is 474. The summed E-state index contributed by atoms with van der Waals surface area (Å²) in [5.74, 6) is -1.56. The van der Waals surface area contributed by atoms with Crippen LogP contribution < -0.4 is 5.32 Å². The third-order valence-corrected chi connectivity index (χ3v) is 4.05. The largest absolute Gasteiger partial charge is 0.476 e. The highest BCUT2D eigenvalue weighted by Gasteiger charge is 2.24. The molecule has 2 unspecified atom stereocenters. The highest BCUT2D eigenvalue weighted by Crippen LogP contribution is 2.18. The van der Waals surface area contributed by atoms with Crippen molar-refractivity contribution in [3.8, 4) is 0 Å². The van der Waals surface area contributed by atoms with E-state index in [-0.39, 0.29) is 16.7 Å². The van der Waals surface area contributed by atoms with Gasteiger partial charge in [-0.1, -0.05) is 19.3 Å². The summed E-state index contributed by atoms with van der Waals surface area (Å²) in [5, 5.41) is 22.7. The highest BCUT2D eigenvalue weighted by atomic mass is 32.1. The molecule has 1 aromatic heterocycles. The number of hydrogen-bond donors (Lipinski definition) is 3. The lowest BCUT2D eigenvalue weighted by Crippen LogP contribution is -2.42. The van der Waals surface area contributed by atoms with E-state index >= 15 is 0 Å². The van der Waals surface area contributed by atoms with Crippen molar-refractivity contribution in [1.82, 2.24) is 10.3 Å². The molecule has 0 radical (unpaired) electrons. The molecule has 1 aromatic rings. The van der Waals surface area contributed by atoms with Crippen LogP contribution in [0.2, 0.25) is 0 Å². The van der Waals surface area contributed by atoms with Crippen LogP contribution in [0.1, 0.15) is 52.4 Å². The minimum atomic E-state index is -1.14. The number of nitrogens with one attached hydrogen (secondary N) is 1. The van der Waals surface area contributed by atoms with Gasteiger partial charge in [-0.05, 0) is 12.8 Å². The Labute approximate surface area is 114 Å². The molecular formula is C12H16N2O4S. The molecule has 3 N–H and O–H groups in total. The molecule has 0 saturated heterocycles. The molecule has 2 rings (SSSR count). The average molecular weight is 284 g/mol. The zero-order valence-corrected chi connectivity index (χ0v) is 11.2. The predicted octanol–water partition coefficient (Wildman–Crippen LogP) is 1.26. The molecule has 2 atom stereocenters. The van der Waals surface area contributed by atoms with E-state index in [2.05, 4.69) is 10.3 Å². The van der Waals surface area contributed by atoms with E-state index in [1.54, 1.807) is 0 Å². The van der Waals surface area contributed by atoms with E-state index in [1.165, 1.54) is 5.38 Å². The van der Waals surface area contributed by atoms with Crippen LogP contribution in [0, 0.1) is 0 Å². The van der Waals surface area contributed by atoms with Gasteiger partial charge >= 0.3 is 5.97 Å². The van der Waals surface area contributed by atoms with Gasteiger partial charge in [-0.2, -0.15) is 0 Å². The summed E-state index contributed by atoms with van der Waals surface area (Å²) in [6.45, 7) is 0. The topological polar surface area (TPSA) is 99.5 Å². The monoisotopic (exact) mass is 284 g/mol. The van der Waals surface area contributed by atoms with Gasteiger partial charge in [0.15, 0.2) is 0 Å². The second-order valence-corrected chi connectivity index (χ2v) is 5.49. The molecule has 1 aliphatic rings. The van der Waals surface area contributed by atoms with Gasteiger partial charge in [0.05, 0.1) is 12.1 Å². The van der Waals surface area contributed by atoms with E-state index < -0.39 is 18.0 Å². The number of aromatic carboxylic acids is 1.